The minimum atomic E-state index is -0.324. The number of piperidine rings is 1. The van der Waals surface area contributed by atoms with E-state index in [2.05, 4.69) is 5.32 Å². The van der Waals surface area contributed by atoms with E-state index in [0.717, 1.165) is 32.4 Å². The van der Waals surface area contributed by atoms with Crippen LogP contribution in [0, 0.1) is 0 Å². The van der Waals surface area contributed by atoms with E-state index < -0.39 is 0 Å². The van der Waals surface area contributed by atoms with Gasteiger partial charge in [0, 0.05) is 18.8 Å². The monoisotopic (exact) mass is 361 g/mol. The average Bonchev–Trinajstić information content (AvgIpc) is 3.11. The number of nitrogens with zero attached hydrogens (tertiary/aromatic N) is 1. The number of rotatable bonds is 4. The number of hydrogen-bond donors (Lipinski definition) is 2. The Labute approximate surface area is 150 Å². The maximum Gasteiger partial charge on any atom is 0.258 e. The third kappa shape index (κ3) is 4.03. The largest absolute Gasteiger partial charge is 0.467 e. The number of anilines is 1. The molecule has 132 valence electrons. The van der Waals surface area contributed by atoms with Crippen LogP contribution in [0.1, 0.15) is 45.7 Å². The number of likely N-dealkylation sites (tertiary alicyclic amines) is 1. The predicted molar refractivity (Wildman–Crippen MR) is 95.8 cm³/mol. The molecule has 0 saturated carbocycles. The van der Waals surface area contributed by atoms with E-state index in [4.69, 9.17) is 21.8 Å². The number of nitrogens with two attached hydrogens (primary N) is 1. The van der Waals surface area contributed by atoms with E-state index in [0.29, 0.717) is 27.6 Å². The standard InChI is InChI=1S/C18H20ClN3O3/c19-16-9-13(21-17(23)12-8-14(10-20)25-11-12)4-5-15(16)18(24)22-6-2-1-3-7-22/h4-5,8-9,11H,1-3,6-7,10,20H2,(H,21,23). The molecular weight excluding hydrogens is 342 g/mol. The number of halogens is 1. The number of benzene rings is 1. The molecule has 0 spiro atoms. The van der Waals surface area contributed by atoms with Gasteiger partial charge in [-0.2, -0.15) is 0 Å². The number of carbonyl (C=O) groups excluding carboxylic acids is 2. The fourth-order valence-electron chi connectivity index (χ4n) is 2.84. The molecular formula is C18H20ClN3O3. The van der Waals surface area contributed by atoms with Gasteiger partial charge in [-0.3, -0.25) is 9.59 Å². The molecule has 3 rings (SSSR count). The van der Waals surface area contributed by atoms with Crippen molar-refractivity contribution in [1.82, 2.24) is 4.90 Å². The van der Waals surface area contributed by atoms with Crippen LogP contribution < -0.4 is 11.1 Å². The molecule has 1 aromatic heterocycles. The second-order valence-corrected chi connectivity index (χ2v) is 6.41. The molecule has 25 heavy (non-hydrogen) atoms. The maximum atomic E-state index is 12.5. The lowest BCUT2D eigenvalue weighted by Gasteiger charge is -2.27. The third-order valence-electron chi connectivity index (χ3n) is 4.22. The molecule has 0 radical (unpaired) electrons. The van der Waals surface area contributed by atoms with Crippen LogP contribution in [-0.4, -0.2) is 29.8 Å². The fraction of sp³-hybridized carbons (Fsp3) is 0.333. The van der Waals surface area contributed by atoms with E-state index in [1.807, 2.05) is 4.90 Å². The van der Waals surface area contributed by atoms with Crippen molar-refractivity contribution in [2.75, 3.05) is 18.4 Å². The van der Waals surface area contributed by atoms with E-state index in [1.54, 1.807) is 24.3 Å². The zero-order valence-corrected chi connectivity index (χ0v) is 14.5. The molecule has 1 aromatic carbocycles. The first-order valence-corrected chi connectivity index (χ1v) is 8.64. The van der Waals surface area contributed by atoms with Crippen LogP contribution in [0.4, 0.5) is 5.69 Å². The number of hydrogen-bond acceptors (Lipinski definition) is 4. The van der Waals surface area contributed by atoms with Crippen molar-refractivity contribution in [1.29, 1.82) is 0 Å². The molecule has 3 N–H and O–H groups in total. The number of nitrogens with one attached hydrogen (secondary N) is 1. The molecule has 1 saturated heterocycles. The van der Waals surface area contributed by atoms with Gasteiger partial charge >= 0.3 is 0 Å². The van der Waals surface area contributed by atoms with Crippen LogP contribution in [-0.2, 0) is 6.54 Å². The number of amides is 2. The van der Waals surface area contributed by atoms with E-state index >= 15 is 0 Å². The Balaban J connectivity index is 1.70. The average molecular weight is 362 g/mol. The lowest BCUT2D eigenvalue weighted by Crippen LogP contribution is -2.35. The van der Waals surface area contributed by atoms with Gasteiger partial charge in [0.05, 0.1) is 22.7 Å². The minimum absolute atomic E-state index is 0.0648. The van der Waals surface area contributed by atoms with Crippen molar-refractivity contribution in [3.63, 3.8) is 0 Å². The Kier molecular flexibility index (Phi) is 5.40. The summed E-state index contributed by atoms with van der Waals surface area (Å²) in [5, 5.41) is 3.06. The molecule has 1 aliphatic rings. The van der Waals surface area contributed by atoms with Gasteiger partial charge in [0.1, 0.15) is 12.0 Å². The third-order valence-corrected chi connectivity index (χ3v) is 4.53. The van der Waals surface area contributed by atoms with Crippen molar-refractivity contribution in [2.24, 2.45) is 5.73 Å². The summed E-state index contributed by atoms with van der Waals surface area (Å²) in [5.41, 5.74) is 6.81. The van der Waals surface area contributed by atoms with Crippen molar-refractivity contribution in [2.45, 2.75) is 25.8 Å². The highest BCUT2D eigenvalue weighted by atomic mass is 35.5. The Morgan fingerprint density at radius 2 is 1.96 bits per heavy atom. The smallest absolute Gasteiger partial charge is 0.258 e. The highest BCUT2D eigenvalue weighted by Gasteiger charge is 2.20. The lowest BCUT2D eigenvalue weighted by molar-refractivity contribution is 0.0724. The SMILES string of the molecule is NCc1cc(C(=O)Nc2ccc(C(=O)N3CCCCC3)c(Cl)c2)co1. The molecule has 2 aromatic rings. The number of furan rings is 1. The summed E-state index contributed by atoms with van der Waals surface area (Å²) in [6.45, 7) is 1.75. The van der Waals surface area contributed by atoms with Crippen molar-refractivity contribution < 1.29 is 14.0 Å². The molecule has 0 unspecified atom stereocenters. The molecule has 1 fully saturated rings. The summed E-state index contributed by atoms with van der Waals surface area (Å²) >= 11 is 6.27. The fourth-order valence-corrected chi connectivity index (χ4v) is 3.11. The Morgan fingerprint density at radius 1 is 1.20 bits per heavy atom. The molecule has 7 heteroatoms. The highest BCUT2D eigenvalue weighted by Crippen LogP contribution is 2.24. The summed E-state index contributed by atoms with van der Waals surface area (Å²) in [4.78, 5) is 26.6. The van der Waals surface area contributed by atoms with Crippen LogP contribution in [0.3, 0.4) is 0 Å². The predicted octanol–water partition coefficient (Wildman–Crippen LogP) is 3.27. The van der Waals surface area contributed by atoms with Gasteiger partial charge in [-0.05, 0) is 43.5 Å². The van der Waals surface area contributed by atoms with Crippen LogP contribution in [0.5, 0.6) is 0 Å². The maximum absolute atomic E-state index is 12.5. The molecule has 0 aliphatic carbocycles. The normalized spacial score (nSPS) is 14.4. The summed E-state index contributed by atoms with van der Waals surface area (Å²) < 4.78 is 5.15. The Bertz CT molecular complexity index is 782. The Hall–Kier alpha value is -2.31. The number of carbonyl (C=O) groups is 2. The quantitative estimate of drug-likeness (QED) is 0.874. The van der Waals surface area contributed by atoms with Gasteiger partial charge in [-0.15, -0.1) is 0 Å². The second-order valence-electron chi connectivity index (χ2n) is 6.01. The summed E-state index contributed by atoms with van der Waals surface area (Å²) in [7, 11) is 0. The van der Waals surface area contributed by atoms with Gasteiger partial charge in [0.2, 0.25) is 0 Å². The second kappa shape index (κ2) is 7.72. The molecule has 6 nitrogen and oxygen atoms in total. The van der Waals surface area contributed by atoms with Crippen molar-refractivity contribution in [3.8, 4) is 0 Å². The van der Waals surface area contributed by atoms with Crippen molar-refractivity contribution >= 4 is 29.1 Å². The Morgan fingerprint density at radius 3 is 2.60 bits per heavy atom. The summed E-state index contributed by atoms with van der Waals surface area (Å²) in [5.74, 6) is 0.144. The highest BCUT2D eigenvalue weighted by molar-refractivity contribution is 6.34. The zero-order valence-electron chi connectivity index (χ0n) is 13.8. The zero-order chi connectivity index (χ0) is 17.8. The molecule has 0 atom stereocenters. The van der Waals surface area contributed by atoms with E-state index in [-0.39, 0.29) is 18.4 Å². The topological polar surface area (TPSA) is 88.6 Å². The molecule has 2 heterocycles. The van der Waals surface area contributed by atoms with E-state index in [9.17, 15) is 9.59 Å². The van der Waals surface area contributed by atoms with Gasteiger partial charge in [0.25, 0.3) is 11.8 Å². The van der Waals surface area contributed by atoms with Crippen LogP contribution in [0.15, 0.2) is 34.9 Å². The van der Waals surface area contributed by atoms with Crippen LogP contribution in [0.25, 0.3) is 0 Å². The molecule has 1 aliphatic heterocycles. The van der Waals surface area contributed by atoms with Gasteiger partial charge in [0.15, 0.2) is 0 Å². The summed E-state index contributed by atoms with van der Waals surface area (Å²) in [6.07, 6.45) is 4.55. The first-order valence-electron chi connectivity index (χ1n) is 8.26. The van der Waals surface area contributed by atoms with Gasteiger partial charge in [-0.1, -0.05) is 11.6 Å². The van der Waals surface area contributed by atoms with Crippen LogP contribution in [0.2, 0.25) is 5.02 Å². The summed E-state index contributed by atoms with van der Waals surface area (Å²) in [6, 6.07) is 6.49. The molecule has 0 bridgehead atoms. The van der Waals surface area contributed by atoms with Crippen molar-refractivity contribution in [3.05, 3.63) is 52.4 Å². The first kappa shape index (κ1) is 17.5. The van der Waals surface area contributed by atoms with Gasteiger partial charge in [-0.25, -0.2) is 0 Å². The first-order chi connectivity index (χ1) is 12.1. The van der Waals surface area contributed by atoms with Gasteiger partial charge < -0.3 is 20.4 Å². The van der Waals surface area contributed by atoms with E-state index in [1.165, 1.54) is 6.26 Å². The minimum Gasteiger partial charge on any atom is -0.467 e. The molecule has 2 amide bonds. The van der Waals surface area contributed by atoms with Crippen LogP contribution >= 0.6 is 11.6 Å². The lowest BCUT2D eigenvalue weighted by atomic mass is 10.1.